The number of amides is 3. The minimum atomic E-state index is -2.66. The number of carbonyl (C=O) groups excluding carboxylic acids is 3. The average molecular weight is 449 g/mol. The molecule has 0 aliphatic carbocycles. The van der Waals surface area contributed by atoms with Crippen molar-refractivity contribution in [1.29, 1.82) is 0 Å². The van der Waals surface area contributed by atoms with Crippen LogP contribution in [0.5, 0.6) is 0 Å². The van der Waals surface area contributed by atoms with Crippen molar-refractivity contribution in [2.75, 3.05) is 4.90 Å². The van der Waals surface area contributed by atoms with Gasteiger partial charge >= 0.3 is 0 Å². The molecule has 8 heteroatoms. The summed E-state index contributed by atoms with van der Waals surface area (Å²) in [6.07, 6.45) is -1.91. The lowest BCUT2D eigenvalue weighted by Crippen LogP contribution is -2.43. The van der Waals surface area contributed by atoms with Gasteiger partial charge in [0.15, 0.2) is 0 Å². The number of nitrogens with one attached hydrogen (secondary N) is 1. The first-order chi connectivity index (χ1) is 14.7. The highest BCUT2D eigenvalue weighted by Gasteiger charge is 2.31. The Balaban J connectivity index is 1.93. The highest BCUT2D eigenvalue weighted by molar-refractivity contribution is 6.34. The zero-order valence-electron chi connectivity index (χ0n) is 17.2. The van der Waals surface area contributed by atoms with E-state index in [0.29, 0.717) is 28.3 Å². The van der Waals surface area contributed by atoms with E-state index in [0.717, 1.165) is 10.5 Å². The molecule has 0 saturated carbocycles. The lowest BCUT2D eigenvalue weighted by atomic mass is 9.88. The van der Waals surface area contributed by atoms with Gasteiger partial charge in [-0.2, -0.15) is 0 Å². The maximum Gasteiger partial charge on any atom is 0.259 e. The number of carbonyl (C=O) groups is 3. The standard InChI is InChI=1S/C23H23ClF2N2O3/c1-3-19(22(25)26)28(13(2)29)15-9-7-14(8-10-15)16-5-4-6-17(21(16)24)18-11-12-20(30)27-23(18)31/h4-10,18-19,22H,3,11-12H2,1-2H3,(H,27,30,31). The molecule has 0 radical (unpaired) electrons. The second-order valence-corrected chi connectivity index (χ2v) is 7.84. The number of rotatable bonds is 6. The summed E-state index contributed by atoms with van der Waals surface area (Å²) in [7, 11) is 0. The van der Waals surface area contributed by atoms with Crippen LogP contribution in [0.3, 0.4) is 0 Å². The molecule has 2 unspecified atom stereocenters. The molecule has 1 fully saturated rings. The van der Waals surface area contributed by atoms with Crippen molar-refractivity contribution in [2.45, 2.75) is 51.5 Å². The molecule has 0 aromatic heterocycles. The van der Waals surface area contributed by atoms with Gasteiger partial charge in [-0.25, -0.2) is 8.78 Å². The van der Waals surface area contributed by atoms with Crippen molar-refractivity contribution in [3.8, 4) is 11.1 Å². The van der Waals surface area contributed by atoms with Crippen LogP contribution in [0.4, 0.5) is 14.5 Å². The molecule has 31 heavy (non-hydrogen) atoms. The highest BCUT2D eigenvalue weighted by atomic mass is 35.5. The zero-order valence-corrected chi connectivity index (χ0v) is 18.0. The number of imide groups is 1. The number of halogens is 3. The molecule has 2 aromatic rings. The highest BCUT2D eigenvalue weighted by Crippen LogP contribution is 2.37. The molecule has 2 aromatic carbocycles. The maximum atomic E-state index is 13.4. The molecular weight excluding hydrogens is 426 g/mol. The first kappa shape index (κ1) is 22.9. The number of hydrogen-bond donors (Lipinski definition) is 1. The summed E-state index contributed by atoms with van der Waals surface area (Å²) in [5.74, 6) is -1.65. The van der Waals surface area contributed by atoms with Crippen LogP contribution in [0.15, 0.2) is 42.5 Å². The Morgan fingerprint density at radius 1 is 1.19 bits per heavy atom. The van der Waals surface area contributed by atoms with Crippen LogP contribution in [0.2, 0.25) is 5.02 Å². The van der Waals surface area contributed by atoms with Gasteiger partial charge in [0.1, 0.15) is 0 Å². The molecule has 0 bridgehead atoms. The number of nitrogens with zero attached hydrogens (tertiary/aromatic N) is 1. The average Bonchev–Trinajstić information content (AvgIpc) is 2.72. The fraction of sp³-hybridized carbons (Fsp3) is 0.348. The summed E-state index contributed by atoms with van der Waals surface area (Å²) < 4.78 is 26.8. The van der Waals surface area contributed by atoms with Crippen molar-refractivity contribution >= 4 is 35.0 Å². The molecule has 1 heterocycles. The van der Waals surface area contributed by atoms with Crippen molar-refractivity contribution in [2.24, 2.45) is 0 Å². The predicted molar refractivity (Wildman–Crippen MR) is 115 cm³/mol. The summed E-state index contributed by atoms with van der Waals surface area (Å²) >= 11 is 6.62. The van der Waals surface area contributed by atoms with E-state index in [1.807, 2.05) is 0 Å². The summed E-state index contributed by atoms with van der Waals surface area (Å²) in [5, 5.41) is 2.73. The predicted octanol–water partition coefficient (Wildman–Crippen LogP) is 4.92. The van der Waals surface area contributed by atoms with Crippen LogP contribution < -0.4 is 10.2 Å². The third-order valence-corrected chi connectivity index (χ3v) is 5.90. The fourth-order valence-corrected chi connectivity index (χ4v) is 4.28. The summed E-state index contributed by atoms with van der Waals surface area (Å²) in [6, 6.07) is 10.8. The molecule has 1 N–H and O–H groups in total. The van der Waals surface area contributed by atoms with E-state index >= 15 is 0 Å². The minimum absolute atomic E-state index is 0.124. The SMILES string of the molecule is CCC(C(F)F)N(C(C)=O)c1ccc(-c2cccc(C3CCC(=O)NC3=O)c2Cl)cc1. The molecule has 1 aliphatic rings. The van der Waals surface area contributed by atoms with E-state index < -0.39 is 24.3 Å². The second-order valence-electron chi connectivity index (χ2n) is 7.46. The Hall–Kier alpha value is -2.80. The number of hydrogen-bond acceptors (Lipinski definition) is 3. The number of piperidine rings is 1. The topological polar surface area (TPSA) is 66.5 Å². The Labute approximate surface area is 184 Å². The van der Waals surface area contributed by atoms with Crippen LogP contribution in [-0.4, -0.2) is 30.2 Å². The lowest BCUT2D eigenvalue weighted by Gasteiger charge is -2.30. The van der Waals surface area contributed by atoms with Crippen LogP contribution in [0.1, 0.15) is 44.6 Å². The maximum absolute atomic E-state index is 13.4. The van der Waals surface area contributed by atoms with E-state index in [1.54, 1.807) is 49.4 Å². The van der Waals surface area contributed by atoms with E-state index in [9.17, 15) is 23.2 Å². The van der Waals surface area contributed by atoms with E-state index in [4.69, 9.17) is 11.6 Å². The Bertz CT molecular complexity index is 995. The van der Waals surface area contributed by atoms with E-state index in [1.165, 1.54) is 6.92 Å². The molecule has 1 saturated heterocycles. The quantitative estimate of drug-likeness (QED) is 0.637. The van der Waals surface area contributed by atoms with Crippen molar-refractivity contribution < 1.29 is 23.2 Å². The summed E-state index contributed by atoms with van der Waals surface area (Å²) in [6.45, 7) is 2.88. The van der Waals surface area contributed by atoms with Gasteiger partial charge in [-0.3, -0.25) is 19.7 Å². The lowest BCUT2D eigenvalue weighted by molar-refractivity contribution is -0.134. The van der Waals surface area contributed by atoms with Gasteiger partial charge in [0.05, 0.1) is 17.0 Å². The first-order valence-electron chi connectivity index (χ1n) is 10.0. The first-order valence-corrected chi connectivity index (χ1v) is 10.4. The molecule has 2 atom stereocenters. The second kappa shape index (κ2) is 9.56. The van der Waals surface area contributed by atoms with E-state index in [-0.39, 0.29) is 24.7 Å². The van der Waals surface area contributed by atoms with Gasteiger partial charge in [-0.1, -0.05) is 48.9 Å². The number of benzene rings is 2. The molecule has 3 amide bonds. The largest absolute Gasteiger partial charge is 0.304 e. The third-order valence-electron chi connectivity index (χ3n) is 5.48. The van der Waals surface area contributed by atoms with Gasteiger partial charge in [-0.05, 0) is 36.1 Å². The molecule has 164 valence electrons. The monoisotopic (exact) mass is 448 g/mol. The Morgan fingerprint density at radius 2 is 1.87 bits per heavy atom. The van der Waals surface area contributed by atoms with Crippen molar-refractivity contribution in [3.05, 3.63) is 53.1 Å². The minimum Gasteiger partial charge on any atom is -0.304 e. The molecule has 0 spiro atoms. The summed E-state index contributed by atoms with van der Waals surface area (Å²) in [4.78, 5) is 36.8. The third kappa shape index (κ3) is 4.77. The van der Waals surface area contributed by atoms with Gasteiger partial charge in [-0.15, -0.1) is 0 Å². The molecule has 3 rings (SSSR count). The summed E-state index contributed by atoms with van der Waals surface area (Å²) in [5.41, 5.74) is 2.39. The van der Waals surface area contributed by atoms with Crippen molar-refractivity contribution in [1.82, 2.24) is 5.32 Å². The Kier molecular flexibility index (Phi) is 7.05. The van der Waals surface area contributed by atoms with Crippen LogP contribution >= 0.6 is 11.6 Å². The fourth-order valence-electron chi connectivity index (χ4n) is 3.91. The van der Waals surface area contributed by atoms with Gasteiger partial charge in [0.2, 0.25) is 17.7 Å². The zero-order chi connectivity index (χ0) is 22.7. The number of anilines is 1. The Morgan fingerprint density at radius 3 is 2.42 bits per heavy atom. The van der Waals surface area contributed by atoms with Crippen LogP contribution in [0, 0.1) is 0 Å². The van der Waals surface area contributed by atoms with Crippen molar-refractivity contribution in [3.63, 3.8) is 0 Å². The molecular formula is C23H23ClF2N2O3. The molecule has 5 nitrogen and oxygen atoms in total. The number of alkyl halides is 2. The van der Waals surface area contributed by atoms with Gasteiger partial charge < -0.3 is 4.90 Å². The van der Waals surface area contributed by atoms with Gasteiger partial charge in [0, 0.05) is 24.6 Å². The smallest absolute Gasteiger partial charge is 0.259 e. The van der Waals surface area contributed by atoms with E-state index in [2.05, 4.69) is 5.32 Å². The van der Waals surface area contributed by atoms with Crippen LogP contribution in [0.25, 0.3) is 11.1 Å². The van der Waals surface area contributed by atoms with Crippen LogP contribution in [-0.2, 0) is 14.4 Å². The normalized spacial score (nSPS) is 17.4. The van der Waals surface area contributed by atoms with Gasteiger partial charge in [0.25, 0.3) is 6.43 Å². The molecule has 1 aliphatic heterocycles.